The quantitative estimate of drug-likeness (QED) is 0.619. The van der Waals surface area contributed by atoms with Crippen LogP contribution in [0.5, 0.6) is 0 Å². The number of rotatable bonds is 3. The third kappa shape index (κ3) is 2.76. The molecule has 3 aromatic heterocycles. The Morgan fingerprint density at radius 1 is 1.08 bits per heavy atom. The van der Waals surface area contributed by atoms with Gasteiger partial charge in [-0.15, -0.1) is 0 Å². The van der Waals surface area contributed by atoms with E-state index in [0.717, 1.165) is 37.4 Å². The molecule has 1 aromatic carbocycles. The van der Waals surface area contributed by atoms with Gasteiger partial charge in [0, 0.05) is 72.9 Å². The second-order valence-electron chi connectivity index (χ2n) is 6.72. The van der Waals surface area contributed by atoms with Gasteiger partial charge < -0.3 is 4.98 Å². The highest BCUT2D eigenvalue weighted by molar-refractivity contribution is 5.82. The zero-order valence-corrected chi connectivity index (χ0v) is 14.4. The molecule has 0 atom stereocenters. The van der Waals surface area contributed by atoms with Gasteiger partial charge in [0.15, 0.2) is 5.82 Å². The molecule has 4 aromatic rings. The number of benzene rings is 1. The molecule has 5 heteroatoms. The number of pyridine rings is 1. The average molecular weight is 341 g/mol. The summed E-state index contributed by atoms with van der Waals surface area (Å²) < 4.78 is 0. The maximum atomic E-state index is 4.79. The van der Waals surface area contributed by atoms with Crippen molar-refractivity contribution in [3.05, 3.63) is 78.0 Å². The largest absolute Gasteiger partial charge is 0.361 e. The molecule has 1 N–H and O–H groups in total. The molecule has 0 spiro atoms. The Hall–Kier alpha value is -3.05. The van der Waals surface area contributed by atoms with Crippen molar-refractivity contribution in [2.45, 2.75) is 19.5 Å². The summed E-state index contributed by atoms with van der Waals surface area (Å²) >= 11 is 0. The van der Waals surface area contributed by atoms with Crippen LogP contribution in [0.2, 0.25) is 0 Å². The van der Waals surface area contributed by atoms with E-state index in [1.165, 1.54) is 27.7 Å². The van der Waals surface area contributed by atoms with Gasteiger partial charge in [-0.3, -0.25) is 9.88 Å². The van der Waals surface area contributed by atoms with Crippen LogP contribution in [0.1, 0.15) is 16.8 Å². The summed E-state index contributed by atoms with van der Waals surface area (Å²) in [4.78, 5) is 19.3. The minimum absolute atomic E-state index is 0.788. The zero-order chi connectivity index (χ0) is 17.3. The SMILES string of the molecule is c1ccc2c(CN3CCc4nc(-c5ccncc5)ncc4C3)c[nH]c2c1. The van der Waals surface area contributed by atoms with Gasteiger partial charge in [-0.1, -0.05) is 18.2 Å². The van der Waals surface area contributed by atoms with Gasteiger partial charge in [0.25, 0.3) is 0 Å². The Bertz CT molecular complexity index is 1050. The van der Waals surface area contributed by atoms with Gasteiger partial charge >= 0.3 is 0 Å². The summed E-state index contributed by atoms with van der Waals surface area (Å²) in [6.45, 7) is 2.85. The maximum Gasteiger partial charge on any atom is 0.159 e. The van der Waals surface area contributed by atoms with Crippen molar-refractivity contribution >= 4 is 10.9 Å². The van der Waals surface area contributed by atoms with E-state index in [1.54, 1.807) is 12.4 Å². The fraction of sp³-hybridized carbons (Fsp3) is 0.190. The highest BCUT2D eigenvalue weighted by Crippen LogP contribution is 2.24. The van der Waals surface area contributed by atoms with Crippen LogP contribution in [0, 0.1) is 0 Å². The van der Waals surface area contributed by atoms with Crippen LogP contribution < -0.4 is 0 Å². The second-order valence-corrected chi connectivity index (χ2v) is 6.72. The molecule has 5 nitrogen and oxygen atoms in total. The molecule has 128 valence electrons. The first kappa shape index (κ1) is 15.2. The minimum Gasteiger partial charge on any atom is -0.361 e. The van der Waals surface area contributed by atoms with Crippen LogP contribution in [-0.2, 0) is 19.5 Å². The van der Waals surface area contributed by atoms with Gasteiger partial charge in [0.2, 0.25) is 0 Å². The monoisotopic (exact) mass is 341 g/mol. The van der Waals surface area contributed by atoms with Crippen LogP contribution in [0.3, 0.4) is 0 Å². The van der Waals surface area contributed by atoms with Crippen molar-refractivity contribution in [3.8, 4) is 11.4 Å². The number of para-hydroxylation sites is 1. The van der Waals surface area contributed by atoms with Gasteiger partial charge in [-0.05, 0) is 23.8 Å². The molecule has 1 aliphatic rings. The number of nitrogens with one attached hydrogen (secondary N) is 1. The third-order valence-electron chi connectivity index (χ3n) is 5.02. The van der Waals surface area contributed by atoms with E-state index in [4.69, 9.17) is 4.98 Å². The molecule has 26 heavy (non-hydrogen) atoms. The van der Waals surface area contributed by atoms with Gasteiger partial charge in [0.1, 0.15) is 0 Å². The summed E-state index contributed by atoms with van der Waals surface area (Å²) in [6, 6.07) is 12.4. The summed E-state index contributed by atoms with van der Waals surface area (Å²) in [5.41, 5.74) is 5.96. The highest BCUT2D eigenvalue weighted by Gasteiger charge is 2.19. The molecule has 4 heterocycles. The van der Waals surface area contributed by atoms with Crippen molar-refractivity contribution in [2.24, 2.45) is 0 Å². The number of aromatic nitrogens is 4. The lowest BCUT2D eigenvalue weighted by atomic mass is 10.1. The smallest absolute Gasteiger partial charge is 0.159 e. The summed E-state index contributed by atoms with van der Waals surface area (Å²) in [5, 5.41) is 1.31. The lowest BCUT2D eigenvalue weighted by Crippen LogP contribution is -2.30. The molecule has 5 rings (SSSR count). The van der Waals surface area contributed by atoms with Gasteiger partial charge in [0.05, 0.1) is 5.69 Å². The molecular weight excluding hydrogens is 322 g/mol. The van der Waals surface area contributed by atoms with E-state index in [1.807, 2.05) is 18.3 Å². The molecule has 0 unspecified atom stereocenters. The van der Waals surface area contributed by atoms with Crippen LogP contribution >= 0.6 is 0 Å². The number of H-pyrrole nitrogens is 1. The van der Waals surface area contributed by atoms with Crippen molar-refractivity contribution in [1.82, 2.24) is 24.8 Å². The fourth-order valence-electron chi connectivity index (χ4n) is 3.65. The first-order chi connectivity index (χ1) is 12.9. The van der Waals surface area contributed by atoms with Crippen molar-refractivity contribution in [3.63, 3.8) is 0 Å². The first-order valence-electron chi connectivity index (χ1n) is 8.89. The molecule has 0 aliphatic carbocycles. The average Bonchev–Trinajstić information content (AvgIpc) is 3.11. The molecule has 0 amide bonds. The highest BCUT2D eigenvalue weighted by atomic mass is 15.1. The predicted molar refractivity (Wildman–Crippen MR) is 101 cm³/mol. The van der Waals surface area contributed by atoms with Crippen molar-refractivity contribution in [2.75, 3.05) is 6.54 Å². The summed E-state index contributed by atoms with van der Waals surface area (Å²) in [5.74, 6) is 0.788. The number of nitrogens with zero attached hydrogens (tertiary/aromatic N) is 4. The van der Waals surface area contributed by atoms with E-state index < -0.39 is 0 Å². The van der Waals surface area contributed by atoms with E-state index in [-0.39, 0.29) is 0 Å². The Morgan fingerprint density at radius 2 is 1.96 bits per heavy atom. The minimum atomic E-state index is 0.788. The normalized spacial score (nSPS) is 14.5. The van der Waals surface area contributed by atoms with Crippen LogP contribution in [0.15, 0.2) is 61.2 Å². The molecular formula is C21H19N5. The molecule has 0 saturated carbocycles. The maximum absolute atomic E-state index is 4.79. The third-order valence-corrected chi connectivity index (χ3v) is 5.02. The zero-order valence-electron chi connectivity index (χ0n) is 14.4. The predicted octanol–water partition coefficient (Wildman–Crippen LogP) is 3.58. The Labute approximate surface area is 151 Å². The van der Waals surface area contributed by atoms with Gasteiger partial charge in [-0.2, -0.15) is 0 Å². The van der Waals surface area contributed by atoms with Crippen LogP contribution in [0.4, 0.5) is 0 Å². The number of hydrogen-bond acceptors (Lipinski definition) is 4. The number of fused-ring (bicyclic) bond motifs is 2. The second kappa shape index (κ2) is 6.35. The van der Waals surface area contributed by atoms with E-state index in [2.05, 4.69) is 50.3 Å². The number of hydrogen-bond donors (Lipinski definition) is 1. The standard InChI is InChI=1S/C21H19N5/c1-2-4-20-18(3-1)16(11-23-20)13-26-10-7-19-17(14-26)12-24-21(25-19)15-5-8-22-9-6-15/h1-6,8-9,11-12,23H,7,10,13-14H2. The Morgan fingerprint density at radius 3 is 2.88 bits per heavy atom. The Balaban J connectivity index is 1.37. The lowest BCUT2D eigenvalue weighted by molar-refractivity contribution is 0.244. The van der Waals surface area contributed by atoms with E-state index in [9.17, 15) is 0 Å². The molecule has 0 saturated heterocycles. The topological polar surface area (TPSA) is 57.7 Å². The molecule has 0 radical (unpaired) electrons. The van der Waals surface area contributed by atoms with E-state index >= 15 is 0 Å². The van der Waals surface area contributed by atoms with Crippen LogP contribution in [-0.4, -0.2) is 31.4 Å². The summed E-state index contributed by atoms with van der Waals surface area (Å²) in [6.07, 6.45) is 8.63. The molecule has 0 bridgehead atoms. The number of aromatic amines is 1. The van der Waals surface area contributed by atoms with E-state index in [0.29, 0.717) is 0 Å². The first-order valence-corrected chi connectivity index (χ1v) is 8.89. The Kier molecular flexibility index (Phi) is 3.72. The molecule has 1 aliphatic heterocycles. The molecule has 0 fully saturated rings. The van der Waals surface area contributed by atoms with Crippen molar-refractivity contribution < 1.29 is 0 Å². The van der Waals surface area contributed by atoms with Crippen LogP contribution in [0.25, 0.3) is 22.3 Å². The van der Waals surface area contributed by atoms with Gasteiger partial charge in [-0.25, -0.2) is 9.97 Å². The lowest BCUT2D eigenvalue weighted by Gasteiger charge is -2.27. The summed E-state index contributed by atoms with van der Waals surface area (Å²) in [7, 11) is 0. The van der Waals surface area contributed by atoms with Crippen molar-refractivity contribution in [1.29, 1.82) is 0 Å². The fourth-order valence-corrected chi connectivity index (χ4v) is 3.65.